The van der Waals surface area contributed by atoms with E-state index in [0.29, 0.717) is 12.5 Å². The molecule has 7 heteroatoms. The molecule has 0 aromatic heterocycles. The van der Waals surface area contributed by atoms with E-state index in [-0.39, 0.29) is 11.6 Å². The smallest absolute Gasteiger partial charge is 0.384 e. The Kier molecular flexibility index (Phi) is 5.07. The molecule has 0 amide bonds. The van der Waals surface area contributed by atoms with Crippen molar-refractivity contribution in [1.29, 1.82) is 0 Å². The number of para-hydroxylation sites is 1. The summed E-state index contributed by atoms with van der Waals surface area (Å²) in [5.74, 6) is 0.547. The zero-order valence-corrected chi connectivity index (χ0v) is 12.3. The van der Waals surface area contributed by atoms with Crippen LogP contribution in [-0.2, 0) is 9.84 Å². The summed E-state index contributed by atoms with van der Waals surface area (Å²) in [5, 5.41) is 2.79. The second-order valence-corrected chi connectivity index (χ2v) is 6.96. The second kappa shape index (κ2) is 6.03. The molecule has 20 heavy (non-hydrogen) atoms. The molecular weight excluding hydrogens is 291 g/mol. The lowest BCUT2D eigenvalue weighted by molar-refractivity contribution is -0.0435. The Hall–Kier alpha value is -1.24. The van der Waals surface area contributed by atoms with E-state index in [0.717, 1.165) is 6.07 Å². The van der Waals surface area contributed by atoms with Gasteiger partial charge >= 0.3 is 5.51 Å². The molecule has 0 aliphatic carbocycles. The van der Waals surface area contributed by atoms with Gasteiger partial charge in [-0.15, -0.1) is 0 Å². The van der Waals surface area contributed by atoms with Crippen LogP contribution in [0.4, 0.5) is 18.9 Å². The van der Waals surface area contributed by atoms with Gasteiger partial charge in [0.25, 0.3) is 9.84 Å². The normalized spacial score (nSPS) is 14.3. The maximum absolute atomic E-state index is 12.6. The van der Waals surface area contributed by atoms with Gasteiger partial charge in [0.05, 0.1) is 10.6 Å². The van der Waals surface area contributed by atoms with Crippen LogP contribution in [0.25, 0.3) is 0 Å². The largest absolute Gasteiger partial charge is 0.501 e. The highest BCUT2D eigenvalue weighted by Crippen LogP contribution is 2.34. The van der Waals surface area contributed by atoms with Crippen molar-refractivity contribution in [2.24, 2.45) is 11.8 Å². The van der Waals surface area contributed by atoms with Crippen molar-refractivity contribution in [1.82, 2.24) is 0 Å². The monoisotopic (exact) mass is 309 g/mol. The number of rotatable bonds is 5. The Bertz CT molecular complexity index is 553. The Balaban J connectivity index is 3.07. The van der Waals surface area contributed by atoms with Gasteiger partial charge in [0, 0.05) is 6.54 Å². The molecule has 1 N–H and O–H groups in total. The zero-order chi connectivity index (χ0) is 15.6. The molecule has 0 bridgehead atoms. The van der Waals surface area contributed by atoms with Crippen molar-refractivity contribution < 1.29 is 21.6 Å². The van der Waals surface area contributed by atoms with Crippen molar-refractivity contribution in [3.63, 3.8) is 0 Å². The summed E-state index contributed by atoms with van der Waals surface area (Å²) in [6, 6.07) is 5.07. The van der Waals surface area contributed by atoms with E-state index in [1.54, 1.807) is 0 Å². The number of anilines is 1. The third-order valence-corrected chi connectivity index (χ3v) is 4.78. The fourth-order valence-electron chi connectivity index (χ4n) is 1.48. The van der Waals surface area contributed by atoms with Crippen molar-refractivity contribution in [3.8, 4) is 0 Å². The van der Waals surface area contributed by atoms with E-state index in [1.165, 1.54) is 18.2 Å². The average Bonchev–Trinajstić information content (AvgIpc) is 2.34. The topological polar surface area (TPSA) is 46.2 Å². The van der Waals surface area contributed by atoms with E-state index < -0.39 is 20.2 Å². The number of nitrogens with one attached hydrogen (secondary N) is 1. The molecule has 0 aliphatic heterocycles. The summed E-state index contributed by atoms with van der Waals surface area (Å²) < 4.78 is 60.8. The SMILES string of the molecule is CC(C)C(C)CNc1ccccc1S(=O)(=O)C(F)(F)F. The lowest BCUT2D eigenvalue weighted by atomic mass is 9.98. The minimum atomic E-state index is -5.34. The first kappa shape index (κ1) is 16.8. The van der Waals surface area contributed by atoms with Crippen LogP contribution in [-0.4, -0.2) is 20.5 Å². The van der Waals surface area contributed by atoms with Gasteiger partial charge in [0.1, 0.15) is 0 Å². The second-order valence-electron chi connectivity index (χ2n) is 5.05. The van der Waals surface area contributed by atoms with Crippen LogP contribution in [0.5, 0.6) is 0 Å². The van der Waals surface area contributed by atoms with E-state index >= 15 is 0 Å². The lowest BCUT2D eigenvalue weighted by Crippen LogP contribution is -2.25. The Morgan fingerprint density at radius 1 is 1.15 bits per heavy atom. The molecule has 1 aromatic rings. The molecule has 1 atom stereocenters. The van der Waals surface area contributed by atoms with Crippen LogP contribution in [0.3, 0.4) is 0 Å². The molecule has 0 saturated heterocycles. The lowest BCUT2D eigenvalue weighted by Gasteiger charge is -2.19. The number of hydrogen-bond donors (Lipinski definition) is 1. The number of sulfone groups is 1. The first-order valence-electron chi connectivity index (χ1n) is 6.21. The predicted molar refractivity (Wildman–Crippen MR) is 72.2 cm³/mol. The third-order valence-electron chi connectivity index (χ3n) is 3.23. The van der Waals surface area contributed by atoms with E-state index in [2.05, 4.69) is 5.32 Å². The first-order chi connectivity index (χ1) is 9.07. The van der Waals surface area contributed by atoms with E-state index in [4.69, 9.17) is 0 Å². The summed E-state index contributed by atoms with van der Waals surface area (Å²) in [6.07, 6.45) is 0. The fraction of sp³-hybridized carbons (Fsp3) is 0.538. The van der Waals surface area contributed by atoms with Gasteiger partial charge < -0.3 is 5.32 Å². The molecule has 0 fully saturated rings. The maximum Gasteiger partial charge on any atom is 0.501 e. The van der Waals surface area contributed by atoms with Gasteiger partial charge in [0.2, 0.25) is 0 Å². The third kappa shape index (κ3) is 3.65. The Morgan fingerprint density at radius 3 is 2.20 bits per heavy atom. The van der Waals surface area contributed by atoms with E-state index in [9.17, 15) is 21.6 Å². The zero-order valence-electron chi connectivity index (χ0n) is 11.5. The predicted octanol–water partition coefficient (Wildman–Crippen LogP) is 3.68. The van der Waals surface area contributed by atoms with Crippen LogP contribution in [0.15, 0.2) is 29.2 Å². The molecule has 0 spiro atoms. The highest BCUT2D eigenvalue weighted by molar-refractivity contribution is 7.92. The molecular formula is C13H18F3NO2S. The van der Waals surface area contributed by atoms with Gasteiger partial charge in [-0.3, -0.25) is 0 Å². The Labute approximate surface area is 117 Å². The molecule has 0 radical (unpaired) electrons. The molecule has 0 saturated carbocycles. The van der Waals surface area contributed by atoms with Gasteiger partial charge in [-0.1, -0.05) is 32.9 Å². The number of benzene rings is 1. The summed E-state index contributed by atoms with van der Waals surface area (Å²) in [5.41, 5.74) is -5.31. The molecule has 1 aromatic carbocycles. The minimum absolute atomic E-state index is 0.0164. The number of hydrogen-bond acceptors (Lipinski definition) is 3. The first-order valence-corrected chi connectivity index (χ1v) is 7.70. The molecule has 3 nitrogen and oxygen atoms in total. The fourth-order valence-corrected chi connectivity index (χ4v) is 2.42. The van der Waals surface area contributed by atoms with Crippen LogP contribution < -0.4 is 5.32 Å². The quantitative estimate of drug-likeness (QED) is 0.902. The molecule has 114 valence electrons. The van der Waals surface area contributed by atoms with Crippen LogP contribution in [0.1, 0.15) is 20.8 Å². The number of alkyl halides is 3. The van der Waals surface area contributed by atoms with Gasteiger partial charge in [0.15, 0.2) is 0 Å². The summed E-state index contributed by atoms with van der Waals surface area (Å²) >= 11 is 0. The molecule has 0 aliphatic rings. The van der Waals surface area contributed by atoms with Gasteiger partial charge in [-0.05, 0) is 24.0 Å². The van der Waals surface area contributed by atoms with Gasteiger partial charge in [-0.25, -0.2) is 8.42 Å². The highest BCUT2D eigenvalue weighted by atomic mass is 32.2. The number of halogens is 3. The van der Waals surface area contributed by atoms with Crippen LogP contribution in [0, 0.1) is 11.8 Å². The van der Waals surface area contributed by atoms with Crippen molar-refractivity contribution in [2.75, 3.05) is 11.9 Å². The van der Waals surface area contributed by atoms with Crippen molar-refractivity contribution in [2.45, 2.75) is 31.2 Å². The standard InChI is InChI=1S/C13H18F3NO2S/c1-9(2)10(3)8-17-11-6-4-5-7-12(11)20(18,19)13(14,15)16/h4-7,9-10,17H,8H2,1-3H3. The average molecular weight is 309 g/mol. The minimum Gasteiger partial charge on any atom is -0.384 e. The molecule has 1 unspecified atom stereocenters. The Morgan fingerprint density at radius 2 is 1.70 bits per heavy atom. The summed E-state index contributed by atoms with van der Waals surface area (Å²) in [4.78, 5) is -0.733. The molecule has 0 heterocycles. The maximum atomic E-state index is 12.6. The van der Waals surface area contributed by atoms with E-state index in [1.807, 2.05) is 20.8 Å². The highest BCUT2D eigenvalue weighted by Gasteiger charge is 2.47. The summed E-state index contributed by atoms with van der Waals surface area (Å²) in [7, 11) is -5.34. The molecule has 1 rings (SSSR count). The van der Waals surface area contributed by atoms with Crippen LogP contribution >= 0.6 is 0 Å². The summed E-state index contributed by atoms with van der Waals surface area (Å²) in [6.45, 7) is 6.33. The van der Waals surface area contributed by atoms with Gasteiger partial charge in [-0.2, -0.15) is 13.2 Å². The van der Waals surface area contributed by atoms with Crippen molar-refractivity contribution in [3.05, 3.63) is 24.3 Å². The van der Waals surface area contributed by atoms with Crippen LogP contribution in [0.2, 0.25) is 0 Å². The van der Waals surface area contributed by atoms with Crippen molar-refractivity contribution >= 4 is 15.5 Å².